The Morgan fingerprint density at radius 1 is 1.20 bits per heavy atom. The summed E-state index contributed by atoms with van der Waals surface area (Å²) in [4.78, 5) is 11.9. The summed E-state index contributed by atoms with van der Waals surface area (Å²) in [5.41, 5.74) is 1.76. The van der Waals surface area contributed by atoms with Gasteiger partial charge < -0.3 is 14.6 Å². The average Bonchev–Trinajstić information content (AvgIpc) is 2.76. The van der Waals surface area contributed by atoms with Crippen LogP contribution in [0.5, 0.6) is 17.2 Å². The topological polar surface area (TPSA) is 55.8 Å². The van der Waals surface area contributed by atoms with Crippen molar-refractivity contribution in [2.24, 2.45) is 0 Å². The first-order valence-electron chi connectivity index (χ1n) is 6.09. The molecule has 0 spiro atoms. The van der Waals surface area contributed by atoms with Gasteiger partial charge in [0.05, 0.1) is 12.7 Å². The zero-order chi connectivity index (χ0) is 14.1. The second-order valence-corrected chi connectivity index (χ2v) is 4.37. The molecule has 2 aromatic carbocycles. The van der Waals surface area contributed by atoms with Gasteiger partial charge in [-0.1, -0.05) is 18.2 Å². The molecule has 4 nitrogen and oxygen atoms in total. The molecule has 1 heterocycles. The highest BCUT2D eigenvalue weighted by molar-refractivity contribution is 6.26. The molecule has 0 radical (unpaired) electrons. The summed E-state index contributed by atoms with van der Waals surface area (Å²) in [6.45, 7) is 0. The second kappa shape index (κ2) is 4.74. The third kappa shape index (κ3) is 2.01. The molecular weight excluding hydrogens is 256 g/mol. The molecule has 1 aliphatic heterocycles. The molecule has 0 amide bonds. The minimum absolute atomic E-state index is 0.0907. The van der Waals surface area contributed by atoms with Gasteiger partial charge in [-0.25, -0.2) is 4.79 Å². The smallest absolute Gasteiger partial charge is 0.344 e. The maximum Gasteiger partial charge on any atom is 0.344 e. The number of methoxy groups -OCH3 is 1. The molecule has 20 heavy (non-hydrogen) atoms. The normalized spacial score (nSPS) is 15.1. The molecule has 0 aromatic heterocycles. The number of phenols is 1. The van der Waals surface area contributed by atoms with Crippen molar-refractivity contribution in [2.75, 3.05) is 7.11 Å². The molecule has 0 saturated heterocycles. The Hall–Kier alpha value is -2.75. The molecule has 0 bridgehead atoms. The number of benzene rings is 2. The lowest BCUT2D eigenvalue weighted by molar-refractivity contribution is -0.126. The predicted molar refractivity (Wildman–Crippen MR) is 74.6 cm³/mol. The van der Waals surface area contributed by atoms with E-state index in [1.165, 1.54) is 12.1 Å². The van der Waals surface area contributed by atoms with Crippen LogP contribution < -0.4 is 9.47 Å². The van der Waals surface area contributed by atoms with E-state index in [9.17, 15) is 9.90 Å². The van der Waals surface area contributed by atoms with Crippen LogP contribution in [-0.2, 0) is 4.79 Å². The first-order valence-corrected chi connectivity index (χ1v) is 6.09. The number of phenolic OH excluding ortho intramolecular Hbond substituents is 1. The SMILES string of the molecule is COc1ccccc1/C=C1/C(=O)Oc2ccc(O)cc21. The Kier molecular flexibility index (Phi) is 2.91. The van der Waals surface area contributed by atoms with Gasteiger partial charge in [0.25, 0.3) is 0 Å². The molecule has 2 aromatic rings. The Morgan fingerprint density at radius 2 is 2.00 bits per heavy atom. The van der Waals surface area contributed by atoms with Gasteiger partial charge in [-0.2, -0.15) is 0 Å². The zero-order valence-electron chi connectivity index (χ0n) is 10.8. The Bertz CT molecular complexity index is 716. The van der Waals surface area contributed by atoms with Crippen molar-refractivity contribution >= 4 is 17.6 Å². The minimum Gasteiger partial charge on any atom is -0.508 e. The highest BCUT2D eigenvalue weighted by atomic mass is 16.5. The molecule has 0 unspecified atom stereocenters. The summed E-state index contributed by atoms with van der Waals surface area (Å²) in [5.74, 6) is 0.778. The largest absolute Gasteiger partial charge is 0.508 e. The predicted octanol–water partition coefficient (Wildman–Crippen LogP) is 2.86. The number of hydrogen-bond donors (Lipinski definition) is 1. The standard InChI is InChI=1S/C16H12O4/c1-19-14-5-3-2-4-10(14)8-13-12-9-11(17)6-7-15(12)20-16(13)18/h2-9,17H,1H3/b13-8+. The van der Waals surface area contributed by atoms with Crippen LogP contribution in [0.2, 0.25) is 0 Å². The van der Waals surface area contributed by atoms with Crippen LogP contribution in [0.25, 0.3) is 11.6 Å². The maximum absolute atomic E-state index is 11.9. The van der Waals surface area contributed by atoms with Crippen molar-refractivity contribution in [1.82, 2.24) is 0 Å². The number of hydrogen-bond acceptors (Lipinski definition) is 4. The summed E-state index contributed by atoms with van der Waals surface area (Å²) in [7, 11) is 1.57. The van der Waals surface area contributed by atoms with Gasteiger partial charge in [0.2, 0.25) is 0 Å². The first-order chi connectivity index (χ1) is 9.69. The first kappa shape index (κ1) is 12.3. The van der Waals surface area contributed by atoms with Crippen molar-refractivity contribution in [3.63, 3.8) is 0 Å². The van der Waals surface area contributed by atoms with Crippen molar-refractivity contribution in [3.8, 4) is 17.2 Å². The highest BCUT2D eigenvalue weighted by Gasteiger charge is 2.27. The maximum atomic E-state index is 11.9. The van der Waals surface area contributed by atoms with Crippen LogP contribution >= 0.6 is 0 Å². The highest BCUT2D eigenvalue weighted by Crippen LogP contribution is 2.38. The molecule has 100 valence electrons. The third-order valence-electron chi connectivity index (χ3n) is 3.11. The summed E-state index contributed by atoms with van der Waals surface area (Å²) in [6, 6.07) is 12.0. The number of aromatic hydroxyl groups is 1. The molecule has 0 aliphatic carbocycles. The summed E-state index contributed by atoms with van der Waals surface area (Å²) in [6.07, 6.45) is 1.70. The number of ether oxygens (including phenoxy) is 2. The van der Waals surface area contributed by atoms with E-state index in [1.807, 2.05) is 24.3 Å². The lowest BCUT2D eigenvalue weighted by Gasteiger charge is -2.04. The molecule has 0 fully saturated rings. The average molecular weight is 268 g/mol. The fraction of sp³-hybridized carbons (Fsp3) is 0.0625. The van der Waals surface area contributed by atoms with Gasteiger partial charge in [0.15, 0.2) is 0 Å². The van der Waals surface area contributed by atoms with Crippen LogP contribution in [0.4, 0.5) is 0 Å². The fourth-order valence-corrected chi connectivity index (χ4v) is 2.16. The quantitative estimate of drug-likeness (QED) is 0.517. The van der Waals surface area contributed by atoms with Crippen molar-refractivity contribution in [2.45, 2.75) is 0 Å². The Morgan fingerprint density at radius 3 is 2.80 bits per heavy atom. The lowest BCUT2D eigenvalue weighted by Crippen LogP contribution is -2.00. The number of rotatable bonds is 2. The molecule has 1 N–H and O–H groups in total. The molecule has 0 saturated carbocycles. The summed E-state index contributed by atoms with van der Waals surface area (Å²) >= 11 is 0. The van der Waals surface area contributed by atoms with E-state index in [4.69, 9.17) is 9.47 Å². The van der Waals surface area contributed by atoms with Crippen LogP contribution in [0.15, 0.2) is 42.5 Å². The van der Waals surface area contributed by atoms with E-state index in [2.05, 4.69) is 0 Å². The number of carbonyl (C=O) groups excluding carboxylic acids is 1. The number of esters is 1. The lowest BCUT2D eigenvalue weighted by atomic mass is 10.0. The molecule has 4 heteroatoms. The van der Waals surface area contributed by atoms with Gasteiger partial charge >= 0.3 is 5.97 Å². The van der Waals surface area contributed by atoms with E-state index in [-0.39, 0.29) is 5.75 Å². The fourth-order valence-electron chi connectivity index (χ4n) is 2.16. The Balaban J connectivity index is 2.13. The number of carbonyl (C=O) groups is 1. The molecule has 1 aliphatic rings. The van der Waals surface area contributed by atoms with Crippen molar-refractivity contribution in [1.29, 1.82) is 0 Å². The van der Waals surface area contributed by atoms with Gasteiger partial charge in [0.1, 0.15) is 17.2 Å². The minimum atomic E-state index is -0.434. The van der Waals surface area contributed by atoms with E-state index in [1.54, 1.807) is 19.3 Å². The van der Waals surface area contributed by atoms with Gasteiger partial charge in [-0.15, -0.1) is 0 Å². The van der Waals surface area contributed by atoms with Crippen molar-refractivity contribution in [3.05, 3.63) is 53.6 Å². The summed E-state index contributed by atoms with van der Waals surface area (Å²) < 4.78 is 10.4. The molecule has 0 atom stereocenters. The van der Waals surface area contributed by atoms with Gasteiger partial charge in [-0.05, 0) is 30.3 Å². The van der Waals surface area contributed by atoms with E-state index in [0.29, 0.717) is 22.6 Å². The van der Waals surface area contributed by atoms with E-state index < -0.39 is 5.97 Å². The van der Waals surface area contributed by atoms with Crippen molar-refractivity contribution < 1.29 is 19.4 Å². The van der Waals surface area contributed by atoms with Gasteiger partial charge in [0, 0.05) is 11.1 Å². The van der Waals surface area contributed by atoms with Crippen LogP contribution in [0.3, 0.4) is 0 Å². The Labute approximate surface area is 115 Å². The second-order valence-electron chi connectivity index (χ2n) is 4.37. The molecule has 3 rings (SSSR count). The van der Waals surface area contributed by atoms with Gasteiger partial charge in [-0.3, -0.25) is 0 Å². The monoisotopic (exact) mass is 268 g/mol. The van der Waals surface area contributed by atoms with Crippen LogP contribution in [-0.4, -0.2) is 18.2 Å². The van der Waals surface area contributed by atoms with Crippen LogP contribution in [0.1, 0.15) is 11.1 Å². The summed E-state index contributed by atoms with van der Waals surface area (Å²) in [5, 5.41) is 9.55. The zero-order valence-corrected chi connectivity index (χ0v) is 10.8. The number of fused-ring (bicyclic) bond motifs is 1. The van der Waals surface area contributed by atoms with E-state index in [0.717, 1.165) is 5.56 Å². The number of para-hydroxylation sites is 1. The molecular formula is C16H12O4. The van der Waals surface area contributed by atoms with E-state index >= 15 is 0 Å². The van der Waals surface area contributed by atoms with Crippen LogP contribution in [0, 0.1) is 0 Å². The third-order valence-corrected chi connectivity index (χ3v) is 3.11.